The predicted molar refractivity (Wildman–Crippen MR) is 175 cm³/mol. The van der Waals surface area contributed by atoms with E-state index in [9.17, 15) is 4.79 Å². The summed E-state index contributed by atoms with van der Waals surface area (Å²) in [5, 5.41) is 16.8. The molecule has 2 N–H and O–H groups in total. The fourth-order valence-electron chi connectivity index (χ4n) is 5.30. The Morgan fingerprint density at radius 1 is 0.500 bits per heavy atom. The fourth-order valence-corrected chi connectivity index (χ4v) is 5.30. The van der Waals surface area contributed by atoms with Crippen LogP contribution in [0, 0.1) is 5.92 Å². The van der Waals surface area contributed by atoms with Crippen LogP contribution in [0.3, 0.4) is 0 Å². The van der Waals surface area contributed by atoms with Gasteiger partial charge in [0.25, 0.3) is 0 Å². The van der Waals surface area contributed by atoms with Crippen molar-refractivity contribution in [3.63, 3.8) is 0 Å². The minimum absolute atomic E-state index is 0.342. The van der Waals surface area contributed by atoms with Crippen molar-refractivity contribution < 1.29 is 20.0 Å². The molecule has 0 unspecified atom stereocenters. The first-order valence-corrected chi connectivity index (χ1v) is 18.0. The molecular formula is C36H74O4. The van der Waals surface area contributed by atoms with Crippen molar-refractivity contribution in [2.75, 3.05) is 6.61 Å². The van der Waals surface area contributed by atoms with Crippen LogP contribution < -0.4 is 0 Å². The van der Waals surface area contributed by atoms with Crippen molar-refractivity contribution in [3.8, 4) is 0 Å². The molecule has 0 fully saturated rings. The average Bonchev–Trinajstić information content (AvgIpc) is 2.95. The summed E-state index contributed by atoms with van der Waals surface area (Å²) in [5.41, 5.74) is 0. The zero-order valence-electron chi connectivity index (χ0n) is 27.7. The van der Waals surface area contributed by atoms with Crippen LogP contribution in [0.5, 0.6) is 0 Å². The number of unbranched alkanes of at least 4 members (excludes halogenated alkanes) is 26. The van der Waals surface area contributed by atoms with E-state index in [4.69, 9.17) is 10.4 Å². The van der Waals surface area contributed by atoms with Gasteiger partial charge in [0.2, 0.25) is 0 Å². The molecule has 40 heavy (non-hydrogen) atoms. The second kappa shape index (κ2) is 38.4. The first kappa shape index (κ1) is 41.5. The molecule has 0 atom stereocenters. The Balaban J connectivity index is 0. The second-order valence-corrected chi connectivity index (χ2v) is 12.7. The predicted octanol–water partition coefficient (Wildman–Crippen LogP) is 12.4. The standard InChI is InChI=1S/C18H36O3.C18H38O/c1-2-3-4-5-6-7-8-9-10-11-12-13-14-15-16-17-18(19)21-20;1-18(2)16-14-12-10-8-6-4-3-5-7-9-11-13-15-17-19/h20H,2-17H2,1H3;18-19H,3-17H2,1-2H3. The lowest BCUT2D eigenvalue weighted by molar-refractivity contribution is -0.234. The molecule has 0 saturated heterocycles. The maximum Gasteiger partial charge on any atom is 0.342 e. The van der Waals surface area contributed by atoms with E-state index in [0.717, 1.165) is 25.2 Å². The van der Waals surface area contributed by atoms with Crippen molar-refractivity contribution in [1.29, 1.82) is 0 Å². The fraction of sp³-hybridized carbons (Fsp3) is 0.972. The smallest absolute Gasteiger partial charge is 0.342 e. The third kappa shape index (κ3) is 41.9. The minimum Gasteiger partial charge on any atom is -0.396 e. The average molecular weight is 571 g/mol. The zero-order valence-corrected chi connectivity index (χ0v) is 27.7. The first-order valence-electron chi connectivity index (χ1n) is 18.0. The minimum atomic E-state index is -0.510. The molecule has 0 spiro atoms. The lowest BCUT2D eigenvalue weighted by Crippen LogP contribution is -1.99. The topological polar surface area (TPSA) is 66.8 Å². The van der Waals surface area contributed by atoms with Crippen LogP contribution in [0.2, 0.25) is 0 Å². The maximum absolute atomic E-state index is 10.7. The Morgan fingerprint density at radius 2 is 0.800 bits per heavy atom. The monoisotopic (exact) mass is 571 g/mol. The molecule has 0 amide bonds. The highest BCUT2D eigenvalue weighted by atomic mass is 17.1. The molecule has 0 aliphatic rings. The lowest BCUT2D eigenvalue weighted by atomic mass is 10.0. The van der Waals surface area contributed by atoms with Gasteiger partial charge in [0.15, 0.2) is 0 Å². The van der Waals surface area contributed by atoms with E-state index in [1.54, 1.807) is 0 Å². The molecule has 0 aromatic carbocycles. The van der Waals surface area contributed by atoms with Gasteiger partial charge in [0, 0.05) is 13.0 Å². The highest BCUT2D eigenvalue weighted by Crippen LogP contribution is 2.15. The number of carbonyl (C=O) groups is 1. The normalized spacial score (nSPS) is 11.1. The Bertz CT molecular complexity index is 452. The molecule has 0 radical (unpaired) electrons. The zero-order chi connectivity index (χ0) is 29.8. The van der Waals surface area contributed by atoms with E-state index in [2.05, 4.69) is 25.7 Å². The molecule has 0 rings (SSSR count). The molecule has 0 heterocycles. The molecule has 242 valence electrons. The van der Waals surface area contributed by atoms with E-state index in [0.29, 0.717) is 13.0 Å². The number of aliphatic hydroxyl groups excluding tert-OH is 1. The van der Waals surface area contributed by atoms with E-state index < -0.39 is 5.97 Å². The van der Waals surface area contributed by atoms with Crippen molar-refractivity contribution in [2.24, 2.45) is 5.92 Å². The number of carbonyl (C=O) groups excluding carboxylic acids is 1. The van der Waals surface area contributed by atoms with Crippen molar-refractivity contribution in [3.05, 3.63) is 0 Å². The highest BCUT2D eigenvalue weighted by Gasteiger charge is 2.01. The van der Waals surface area contributed by atoms with Gasteiger partial charge in [-0.2, -0.15) is 5.26 Å². The van der Waals surface area contributed by atoms with Gasteiger partial charge in [-0.3, -0.25) is 0 Å². The van der Waals surface area contributed by atoms with Gasteiger partial charge in [-0.1, -0.05) is 194 Å². The summed E-state index contributed by atoms with van der Waals surface area (Å²) in [6.45, 7) is 7.29. The molecule has 0 aliphatic heterocycles. The number of rotatable bonds is 31. The van der Waals surface area contributed by atoms with Crippen molar-refractivity contribution >= 4 is 5.97 Å². The molecule has 0 saturated carbocycles. The highest BCUT2D eigenvalue weighted by molar-refractivity contribution is 5.68. The van der Waals surface area contributed by atoms with Crippen LogP contribution in [-0.4, -0.2) is 22.9 Å². The van der Waals surface area contributed by atoms with Crippen LogP contribution in [0.1, 0.15) is 213 Å². The van der Waals surface area contributed by atoms with Gasteiger partial charge >= 0.3 is 5.97 Å². The summed E-state index contributed by atoms with van der Waals surface area (Å²) >= 11 is 0. The van der Waals surface area contributed by atoms with Gasteiger partial charge in [-0.25, -0.2) is 4.79 Å². The summed E-state index contributed by atoms with van der Waals surface area (Å²) < 4.78 is 0. The van der Waals surface area contributed by atoms with E-state index in [-0.39, 0.29) is 0 Å². The Labute approximate surface area is 251 Å². The third-order valence-electron chi connectivity index (χ3n) is 8.03. The molecule has 4 nitrogen and oxygen atoms in total. The van der Waals surface area contributed by atoms with Crippen LogP contribution in [-0.2, 0) is 9.68 Å². The molecule has 0 bridgehead atoms. The van der Waals surface area contributed by atoms with E-state index in [1.165, 1.54) is 167 Å². The van der Waals surface area contributed by atoms with Gasteiger partial charge in [0.05, 0.1) is 0 Å². The summed E-state index contributed by atoms with van der Waals surface area (Å²) in [5.74, 6) is 0.377. The first-order chi connectivity index (χ1) is 19.6. The van der Waals surface area contributed by atoms with Crippen LogP contribution in [0.25, 0.3) is 0 Å². The Kier molecular flexibility index (Phi) is 39.9. The molecule has 0 aromatic rings. The summed E-state index contributed by atoms with van der Waals surface area (Å²) in [6.07, 6.45) is 39.3. The van der Waals surface area contributed by atoms with Crippen molar-refractivity contribution in [1.82, 2.24) is 0 Å². The molecule has 0 aromatic heterocycles. The quantitative estimate of drug-likeness (QED) is 0.0494. The van der Waals surface area contributed by atoms with Gasteiger partial charge in [-0.15, -0.1) is 0 Å². The number of aliphatic hydroxyl groups is 1. The number of hydrogen-bond acceptors (Lipinski definition) is 4. The van der Waals surface area contributed by atoms with Crippen LogP contribution >= 0.6 is 0 Å². The van der Waals surface area contributed by atoms with E-state index in [1.807, 2.05) is 0 Å². The molecular weight excluding hydrogens is 496 g/mol. The summed E-state index contributed by atoms with van der Waals surface area (Å²) in [4.78, 5) is 14.3. The van der Waals surface area contributed by atoms with Gasteiger partial charge in [0.1, 0.15) is 0 Å². The molecule has 0 aliphatic carbocycles. The number of hydrogen-bond donors (Lipinski definition) is 2. The van der Waals surface area contributed by atoms with E-state index >= 15 is 0 Å². The lowest BCUT2D eigenvalue weighted by Gasteiger charge is -2.04. The Morgan fingerprint density at radius 3 is 1.10 bits per heavy atom. The van der Waals surface area contributed by atoms with Gasteiger partial charge in [-0.05, 0) is 18.8 Å². The maximum atomic E-state index is 10.7. The van der Waals surface area contributed by atoms with Crippen molar-refractivity contribution in [2.45, 2.75) is 213 Å². The summed E-state index contributed by atoms with van der Waals surface area (Å²) in [6, 6.07) is 0. The molecule has 4 heteroatoms. The third-order valence-corrected chi connectivity index (χ3v) is 8.03. The summed E-state index contributed by atoms with van der Waals surface area (Å²) in [7, 11) is 0. The van der Waals surface area contributed by atoms with Crippen LogP contribution in [0.4, 0.5) is 0 Å². The van der Waals surface area contributed by atoms with Gasteiger partial charge < -0.3 is 9.99 Å². The second-order valence-electron chi connectivity index (χ2n) is 12.7. The SMILES string of the molecule is CC(C)CCCCCCCCCCCCCCCO.CCCCCCCCCCCCCCCCCC(=O)OO. The Hall–Kier alpha value is -0.610. The van der Waals surface area contributed by atoms with Crippen LogP contribution in [0.15, 0.2) is 0 Å². The largest absolute Gasteiger partial charge is 0.396 e.